The Kier molecular flexibility index (Phi) is 5.90. The molecule has 112 valence electrons. The van der Waals surface area contributed by atoms with Crippen LogP contribution in [0.2, 0.25) is 0 Å². The summed E-state index contributed by atoms with van der Waals surface area (Å²) in [5.41, 5.74) is 1.10. The molecule has 0 aliphatic carbocycles. The number of carbonyl (C=O) groups excluding carboxylic acids is 1. The normalized spacial score (nSPS) is 11.9. The summed E-state index contributed by atoms with van der Waals surface area (Å²) in [6.45, 7) is 4.05. The van der Waals surface area contributed by atoms with Gasteiger partial charge >= 0.3 is 5.97 Å². The van der Waals surface area contributed by atoms with Gasteiger partial charge in [0, 0.05) is 4.88 Å². The maximum atomic E-state index is 11.7. The predicted octanol–water partition coefficient (Wildman–Crippen LogP) is 4.93. The molecule has 1 unspecified atom stereocenters. The lowest BCUT2D eigenvalue weighted by molar-refractivity contribution is -0.151. The van der Waals surface area contributed by atoms with Gasteiger partial charge in [0.05, 0.1) is 6.61 Å². The van der Waals surface area contributed by atoms with Crippen LogP contribution in [0.3, 0.4) is 0 Å². The van der Waals surface area contributed by atoms with Gasteiger partial charge in [-0.25, -0.2) is 4.79 Å². The molecule has 1 aromatic heterocycles. The van der Waals surface area contributed by atoms with Crippen LogP contribution in [0.4, 0.5) is 0 Å². The number of hydrogen-bond acceptors (Lipinski definition) is 6. The SMILES string of the molecule is CCOC(=O)C(CC)Oc1ccc(-c2cc(=S)ss2)cc1. The van der Waals surface area contributed by atoms with E-state index in [4.69, 9.17) is 21.7 Å². The number of esters is 1. The van der Waals surface area contributed by atoms with Crippen LogP contribution in [0.1, 0.15) is 20.3 Å². The summed E-state index contributed by atoms with van der Waals surface area (Å²) < 4.78 is 11.6. The monoisotopic (exact) mass is 340 g/mol. The van der Waals surface area contributed by atoms with Crippen LogP contribution in [0.15, 0.2) is 30.3 Å². The molecule has 0 radical (unpaired) electrons. The molecule has 0 saturated carbocycles. The van der Waals surface area contributed by atoms with Gasteiger partial charge in [-0.2, -0.15) is 0 Å². The highest BCUT2D eigenvalue weighted by Crippen LogP contribution is 2.30. The first-order chi connectivity index (χ1) is 10.1. The van der Waals surface area contributed by atoms with Crippen molar-refractivity contribution >= 4 is 38.9 Å². The van der Waals surface area contributed by atoms with E-state index < -0.39 is 6.10 Å². The van der Waals surface area contributed by atoms with Crippen molar-refractivity contribution in [1.82, 2.24) is 0 Å². The van der Waals surface area contributed by atoms with E-state index in [1.165, 1.54) is 0 Å². The number of carbonyl (C=O) groups is 1. The smallest absolute Gasteiger partial charge is 0.347 e. The Morgan fingerprint density at radius 3 is 2.48 bits per heavy atom. The molecule has 2 aromatic rings. The van der Waals surface area contributed by atoms with E-state index >= 15 is 0 Å². The fourth-order valence-corrected chi connectivity index (χ4v) is 4.17. The van der Waals surface area contributed by atoms with Gasteiger partial charge in [0.15, 0.2) is 6.10 Å². The van der Waals surface area contributed by atoms with E-state index in [1.807, 2.05) is 37.3 Å². The molecule has 0 aliphatic heterocycles. The van der Waals surface area contributed by atoms with Crippen molar-refractivity contribution in [2.45, 2.75) is 26.4 Å². The zero-order chi connectivity index (χ0) is 15.2. The second-order valence-corrected chi connectivity index (χ2v) is 7.20. The van der Waals surface area contributed by atoms with Crippen molar-refractivity contribution < 1.29 is 14.3 Å². The average Bonchev–Trinajstić information content (AvgIpc) is 2.92. The second kappa shape index (κ2) is 7.68. The van der Waals surface area contributed by atoms with Crippen LogP contribution in [0.25, 0.3) is 10.4 Å². The van der Waals surface area contributed by atoms with Crippen molar-refractivity contribution in [1.29, 1.82) is 0 Å². The lowest BCUT2D eigenvalue weighted by Gasteiger charge is -2.16. The van der Waals surface area contributed by atoms with E-state index in [0.29, 0.717) is 18.8 Å². The van der Waals surface area contributed by atoms with Crippen molar-refractivity contribution in [2.24, 2.45) is 0 Å². The van der Waals surface area contributed by atoms with E-state index in [9.17, 15) is 4.79 Å². The van der Waals surface area contributed by atoms with Gasteiger partial charge in [-0.15, -0.1) is 0 Å². The molecule has 1 atom stereocenters. The number of benzene rings is 1. The molecule has 0 spiro atoms. The topological polar surface area (TPSA) is 35.5 Å². The van der Waals surface area contributed by atoms with Crippen molar-refractivity contribution in [3.05, 3.63) is 34.2 Å². The van der Waals surface area contributed by atoms with Crippen LogP contribution in [0, 0.1) is 3.82 Å². The number of ether oxygens (including phenoxy) is 2. The first kappa shape index (κ1) is 16.1. The quantitative estimate of drug-likeness (QED) is 0.424. The highest BCUT2D eigenvalue weighted by atomic mass is 32.9. The predicted molar refractivity (Wildman–Crippen MR) is 89.8 cm³/mol. The Labute approximate surface area is 136 Å². The van der Waals surface area contributed by atoms with Gasteiger partial charge < -0.3 is 9.47 Å². The molecule has 3 nitrogen and oxygen atoms in total. The number of rotatable bonds is 6. The minimum absolute atomic E-state index is 0.320. The maximum Gasteiger partial charge on any atom is 0.347 e. The van der Waals surface area contributed by atoms with Crippen LogP contribution in [-0.4, -0.2) is 18.7 Å². The summed E-state index contributed by atoms with van der Waals surface area (Å²) in [7, 11) is 3.25. The molecule has 0 aliphatic rings. The van der Waals surface area contributed by atoms with E-state index in [2.05, 4.69) is 0 Å². The Bertz CT molecular complexity index is 643. The standard InChI is InChI=1S/C15H16O3S3/c1-3-12(15(16)17-4-2)18-11-7-5-10(6-8-11)13-9-14(19)21-20-13/h5-9,12H,3-4H2,1-2H3. The Morgan fingerprint density at radius 2 is 1.95 bits per heavy atom. The molecular weight excluding hydrogens is 324 g/mol. The van der Waals surface area contributed by atoms with Gasteiger partial charge in [-0.1, -0.05) is 39.8 Å². The molecule has 1 aromatic carbocycles. The van der Waals surface area contributed by atoms with Crippen molar-refractivity contribution in [2.75, 3.05) is 6.61 Å². The summed E-state index contributed by atoms with van der Waals surface area (Å²) in [5.74, 6) is 0.345. The second-order valence-electron chi connectivity index (χ2n) is 4.29. The summed E-state index contributed by atoms with van der Waals surface area (Å²) >= 11 is 5.14. The third kappa shape index (κ3) is 4.36. The first-order valence-corrected chi connectivity index (χ1v) is 9.23. The Morgan fingerprint density at radius 1 is 1.24 bits per heavy atom. The molecule has 0 fully saturated rings. The minimum Gasteiger partial charge on any atom is -0.479 e. The molecule has 0 amide bonds. The fourth-order valence-electron chi connectivity index (χ4n) is 1.77. The van der Waals surface area contributed by atoms with Gasteiger partial charge in [0.2, 0.25) is 0 Å². The minimum atomic E-state index is -0.556. The molecule has 0 bridgehead atoms. The van der Waals surface area contributed by atoms with Crippen LogP contribution >= 0.6 is 32.9 Å². The average molecular weight is 340 g/mol. The molecular formula is C15H16O3S3. The van der Waals surface area contributed by atoms with Crippen molar-refractivity contribution in [3.8, 4) is 16.2 Å². The summed E-state index contributed by atoms with van der Waals surface area (Å²) in [4.78, 5) is 12.9. The summed E-state index contributed by atoms with van der Waals surface area (Å²) in [6, 6.07) is 9.67. The molecule has 21 heavy (non-hydrogen) atoms. The Hall–Kier alpha value is -1.24. The van der Waals surface area contributed by atoms with E-state index in [1.54, 1.807) is 27.6 Å². The molecule has 0 saturated heterocycles. The molecule has 0 N–H and O–H groups in total. The van der Waals surface area contributed by atoms with E-state index in [0.717, 1.165) is 14.3 Å². The largest absolute Gasteiger partial charge is 0.479 e. The van der Waals surface area contributed by atoms with Gasteiger partial charge in [0.1, 0.15) is 9.57 Å². The summed E-state index contributed by atoms with van der Waals surface area (Å²) in [5, 5.41) is 0. The van der Waals surface area contributed by atoms with Crippen LogP contribution in [0.5, 0.6) is 5.75 Å². The Balaban J connectivity index is 2.08. The van der Waals surface area contributed by atoms with Crippen LogP contribution in [-0.2, 0) is 9.53 Å². The van der Waals surface area contributed by atoms with Gasteiger partial charge in [0.25, 0.3) is 0 Å². The summed E-state index contributed by atoms with van der Waals surface area (Å²) in [6.07, 6.45) is 0.0194. The maximum absolute atomic E-state index is 11.7. The zero-order valence-corrected chi connectivity index (χ0v) is 14.3. The van der Waals surface area contributed by atoms with Gasteiger partial charge in [-0.3, -0.25) is 0 Å². The lowest BCUT2D eigenvalue weighted by atomic mass is 10.2. The molecule has 6 heteroatoms. The lowest BCUT2D eigenvalue weighted by Crippen LogP contribution is -2.28. The first-order valence-electron chi connectivity index (χ1n) is 6.68. The third-order valence-electron chi connectivity index (χ3n) is 2.80. The fraction of sp³-hybridized carbons (Fsp3) is 0.333. The van der Waals surface area contributed by atoms with Gasteiger partial charge in [-0.05, 0) is 49.2 Å². The third-order valence-corrected chi connectivity index (χ3v) is 5.71. The van der Waals surface area contributed by atoms with E-state index in [-0.39, 0.29) is 5.97 Å². The van der Waals surface area contributed by atoms with Crippen molar-refractivity contribution in [3.63, 3.8) is 0 Å². The zero-order valence-electron chi connectivity index (χ0n) is 11.8. The highest BCUT2D eigenvalue weighted by Gasteiger charge is 2.19. The highest BCUT2D eigenvalue weighted by molar-refractivity contribution is 7.80. The number of hydrogen-bond donors (Lipinski definition) is 0. The molecule has 2 rings (SSSR count). The van der Waals surface area contributed by atoms with Crippen LogP contribution < -0.4 is 4.74 Å². The molecule has 1 heterocycles.